The lowest BCUT2D eigenvalue weighted by atomic mass is 10.0. The van der Waals surface area contributed by atoms with E-state index in [1.165, 1.54) is 0 Å². The minimum absolute atomic E-state index is 0.146. The molecule has 1 fully saturated rings. The van der Waals surface area contributed by atoms with Crippen LogP contribution in [0.2, 0.25) is 0 Å². The summed E-state index contributed by atoms with van der Waals surface area (Å²) >= 11 is 0. The molecule has 0 bridgehead atoms. The van der Waals surface area contributed by atoms with Gasteiger partial charge in [0, 0.05) is 26.2 Å². The average Bonchev–Trinajstić information content (AvgIpc) is 3.00. The summed E-state index contributed by atoms with van der Waals surface area (Å²) in [7, 11) is 2.11. The van der Waals surface area contributed by atoms with Gasteiger partial charge in [0.15, 0.2) is 0 Å². The zero-order valence-electron chi connectivity index (χ0n) is 16.4. The summed E-state index contributed by atoms with van der Waals surface area (Å²) < 4.78 is 1.97. The SMILES string of the molecule is CCc1c(C(=O)N2CCN(C)CC2)c(CC(C)C)nn1-c1ccccc1. The van der Waals surface area contributed by atoms with Gasteiger partial charge in [-0.15, -0.1) is 0 Å². The highest BCUT2D eigenvalue weighted by molar-refractivity contribution is 5.97. The van der Waals surface area contributed by atoms with Gasteiger partial charge in [0.05, 0.1) is 22.6 Å². The standard InChI is InChI=1S/C21H30N4O/c1-5-19-20(21(26)24-13-11-23(4)12-14-24)18(15-16(2)3)22-25(19)17-9-7-6-8-10-17/h6-10,16H,5,11-15H2,1-4H3. The van der Waals surface area contributed by atoms with E-state index in [0.717, 1.165) is 61.7 Å². The average molecular weight is 354 g/mol. The number of rotatable bonds is 5. The Balaban J connectivity index is 2.04. The first-order valence-electron chi connectivity index (χ1n) is 9.65. The van der Waals surface area contributed by atoms with Crippen molar-refractivity contribution in [3.8, 4) is 5.69 Å². The number of amides is 1. The molecule has 26 heavy (non-hydrogen) atoms. The molecule has 5 heteroatoms. The summed E-state index contributed by atoms with van der Waals surface area (Å²) in [6.07, 6.45) is 1.61. The lowest BCUT2D eigenvalue weighted by Gasteiger charge is -2.32. The van der Waals surface area contributed by atoms with E-state index in [1.807, 2.05) is 27.8 Å². The van der Waals surface area contributed by atoms with E-state index in [2.05, 4.69) is 44.9 Å². The van der Waals surface area contributed by atoms with Crippen molar-refractivity contribution in [1.29, 1.82) is 0 Å². The number of benzene rings is 1. The molecule has 3 rings (SSSR count). The molecular weight excluding hydrogens is 324 g/mol. The molecule has 0 unspecified atom stereocenters. The van der Waals surface area contributed by atoms with Crippen LogP contribution in [-0.4, -0.2) is 58.7 Å². The Hall–Kier alpha value is -2.14. The first-order valence-corrected chi connectivity index (χ1v) is 9.65. The summed E-state index contributed by atoms with van der Waals surface area (Å²) in [5.41, 5.74) is 3.81. The summed E-state index contributed by atoms with van der Waals surface area (Å²) in [5, 5.41) is 4.88. The summed E-state index contributed by atoms with van der Waals surface area (Å²) in [6.45, 7) is 9.90. The van der Waals surface area contributed by atoms with Crippen molar-refractivity contribution >= 4 is 5.91 Å². The van der Waals surface area contributed by atoms with Gasteiger partial charge >= 0.3 is 0 Å². The first kappa shape index (κ1) is 18.6. The lowest BCUT2D eigenvalue weighted by Crippen LogP contribution is -2.47. The largest absolute Gasteiger partial charge is 0.336 e. The van der Waals surface area contributed by atoms with Crippen LogP contribution >= 0.6 is 0 Å². The van der Waals surface area contributed by atoms with Crippen molar-refractivity contribution in [3.05, 3.63) is 47.3 Å². The molecule has 0 N–H and O–H groups in total. The molecule has 0 saturated carbocycles. The molecule has 2 heterocycles. The maximum atomic E-state index is 13.4. The van der Waals surface area contributed by atoms with Crippen LogP contribution in [0.15, 0.2) is 30.3 Å². The molecule has 0 radical (unpaired) electrons. The fourth-order valence-electron chi connectivity index (χ4n) is 3.56. The van der Waals surface area contributed by atoms with E-state index in [9.17, 15) is 4.79 Å². The Labute approximate surface area is 156 Å². The Kier molecular flexibility index (Phi) is 5.77. The molecule has 140 valence electrons. The summed E-state index contributed by atoms with van der Waals surface area (Å²) in [4.78, 5) is 17.7. The highest BCUT2D eigenvalue weighted by Gasteiger charge is 2.29. The monoisotopic (exact) mass is 354 g/mol. The van der Waals surface area contributed by atoms with Crippen molar-refractivity contribution in [1.82, 2.24) is 19.6 Å². The number of hydrogen-bond donors (Lipinski definition) is 0. The molecule has 1 saturated heterocycles. The number of para-hydroxylation sites is 1. The van der Waals surface area contributed by atoms with E-state index in [4.69, 9.17) is 5.10 Å². The van der Waals surface area contributed by atoms with Crippen LogP contribution in [0, 0.1) is 5.92 Å². The van der Waals surface area contributed by atoms with Crippen molar-refractivity contribution in [2.75, 3.05) is 33.2 Å². The van der Waals surface area contributed by atoms with Crippen molar-refractivity contribution in [3.63, 3.8) is 0 Å². The highest BCUT2D eigenvalue weighted by Crippen LogP contribution is 2.24. The Morgan fingerprint density at radius 1 is 1.12 bits per heavy atom. The van der Waals surface area contributed by atoms with E-state index >= 15 is 0 Å². The van der Waals surface area contributed by atoms with Gasteiger partial charge in [-0.2, -0.15) is 5.10 Å². The molecule has 1 aromatic carbocycles. The summed E-state index contributed by atoms with van der Waals surface area (Å²) in [6, 6.07) is 10.1. The zero-order chi connectivity index (χ0) is 18.7. The third-order valence-electron chi connectivity index (χ3n) is 5.00. The molecule has 1 aromatic heterocycles. The number of carbonyl (C=O) groups is 1. The van der Waals surface area contributed by atoms with Crippen LogP contribution in [0.1, 0.15) is 42.5 Å². The lowest BCUT2D eigenvalue weighted by molar-refractivity contribution is 0.0661. The molecule has 5 nitrogen and oxygen atoms in total. The maximum Gasteiger partial charge on any atom is 0.257 e. The van der Waals surface area contributed by atoms with E-state index < -0.39 is 0 Å². The normalized spacial score (nSPS) is 15.7. The van der Waals surface area contributed by atoms with E-state index in [1.54, 1.807) is 0 Å². The molecule has 2 aromatic rings. The fourth-order valence-corrected chi connectivity index (χ4v) is 3.56. The fraction of sp³-hybridized carbons (Fsp3) is 0.524. The van der Waals surface area contributed by atoms with E-state index in [-0.39, 0.29) is 5.91 Å². The van der Waals surface area contributed by atoms with Gasteiger partial charge in [0.25, 0.3) is 5.91 Å². The van der Waals surface area contributed by atoms with Crippen molar-refractivity contribution in [2.24, 2.45) is 5.92 Å². The van der Waals surface area contributed by atoms with Gasteiger partial charge in [-0.3, -0.25) is 4.79 Å². The Morgan fingerprint density at radius 3 is 2.35 bits per heavy atom. The molecule has 1 aliphatic heterocycles. The number of hydrogen-bond acceptors (Lipinski definition) is 3. The predicted molar refractivity (Wildman–Crippen MR) is 105 cm³/mol. The molecular formula is C21H30N4O. The van der Waals surface area contributed by atoms with Crippen LogP contribution in [0.3, 0.4) is 0 Å². The van der Waals surface area contributed by atoms with Gasteiger partial charge in [-0.25, -0.2) is 4.68 Å². The topological polar surface area (TPSA) is 41.4 Å². The third-order valence-corrected chi connectivity index (χ3v) is 5.00. The van der Waals surface area contributed by atoms with Crippen LogP contribution in [0.25, 0.3) is 5.69 Å². The molecule has 1 aliphatic rings. The van der Waals surface area contributed by atoms with Crippen LogP contribution < -0.4 is 0 Å². The number of aromatic nitrogens is 2. The number of nitrogens with zero attached hydrogens (tertiary/aromatic N) is 4. The minimum Gasteiger partial charge on any atom is -0.336 e. The van der Waals surface area contributed by atoms with Gasteiger partial charge in [0.1, 0.15) is 0 Å². The Morgan fingerprint density at radius 2 is 1.77 bits per heavy atom. The molecule has 1 amide bonds. The molecule has 0 aliphatic carbocycles. The molecule has 0 atom stereocenters. The van der Waals surface area contributed by atoms with Gasteiger partial charge < -0.3 is 9.80 Å². The van der Waals surface area contributed by atoms with E-state index in [0.29, 0.717) is 5.92 Å². The van der Waals surface area contributed by atoms with Gasteiger partial charge in [-0.1, -0.05) is 39.0 Å². The minimum atomic E-state index is 0.146. The molecule has 0 spiro atoms. The summed E-state index contributed by atoms with van der Waals surface area (Å²) in [5.74, 6) is 0.602. The van der Waals surface area contributed by atoms with Crippen molar-refractivity contribution in [2.45, 2.75) is 33.6 Å². The Bertz CT molecular complexity index is 743. The number of likely N-dealkylation sites (N-methyl/N-ethyl adjacent to an activating group) is 1. The van der Waals surface area contributed by atoms with Crippen LogP contribution in [0.4, 0.5) is 0 Å². The third kappa shape index (κ3) is 3.83. The smallest absolute Gasteiger partial charge is 0.257 e. The quantitative estimate of drug-likeness (QED) is 0.829. The van der Waals surface area contributed by atoms with Gasteiger partial charge in [0.2, 0.25) is 0 Å². The number of carbonyl (C=O) groups excluding carboxylic acids is 1. The second kappa shape index (κ2) is 8.04. The van der Waals surface area contributed by atoms with Crippen LogP contribution in [0.5, 0.6) is 0 Å². The second-order valence-electron chi connectivity index (χ2n) is 7.56. The van der Waals surface area contributed by atoms with Crippen LogP contribution in [-0.2, 0) is 12.8 Å². The number of piperazine rings is 1. The predicted octanol–water partition coefficient (Wildman–Crippen LogP) is 3.02. The maximum absolute atomic E-state index is 13.4. The highest BCUT2D eigenvalue weighted by atomic mass is 16.2. The zero-order valence-corrected chi connectivity index (χ0v) is 16.4. The first-order chi connectivity index (χ1) is 12.5. The van der Waals surface area contributed by atoms with Crippen molar-refractivity contribution < 1.29 is 4.79 Å². The second-order valence-corrected chi connectivity index (χ2v) is 7.56. The van der Waals surface area contributed by atoms with Gasteiger partial charge in [-0.05, 0) is 37.9 Å².